The number of rotatable bonds is 6. The normalized spacial score (nSPS) is 12.0. The van der Waals surface area contributed by atoms with E-state index in [1.54, 1.807) is 13.2 Å². The maximum absolute atomic E-state index is 12.4. The number of amides is 1. The van der Waals surface area contributed by atoms with E-state index in [-0.39, 0.29) is 18.4 Å². The van der Waals surface area contributed by atoms with Crippen LogP contribution >= 0.6 is 0 Å². The fourth-order valence-electron chi connectivity index (χ4n) is 3.17. The van der Waals surface area contributed by atoms with Gasteiger partial charge in [0.15, 0.2) is 0 Å². The number of carbonyl (C=O) groups is 1. The van der Waals surface area contributed by atoms with Gasteiger partial charge in [-0.2, -0.15) is 0 Å². The number of carbonyl (C=O) groups excluding carboxylic acids is 1. The van der Waals surface area contributed by atoms with Gasteiger partial charge in [0, 0.05) is 23.4 Å². The molecule has 0 spiro atoms. The minimum absolute atomic E-state index is 0.0831. The van der Waals surface area contributed by atoms with E-state index in [4.69, 9.17) is 9.15 Å². The first-order chi connectivity index (χ1) is 13.0. The Bertz CT molecular complexity index is 1010. The summed E-state index contributed by atoms with van der Waals surface area (Å²) in [4.78, 5) is 24.7. The SMILES string of the molecule is COc1ccc2c(C)c(CCC(=O)NC(C)c3ccccc3)c(=O)oc2c1. The standard InChI is InChI=1S/C22H23NO4/c1-14-18-10-9-17(26-3)13-20(18)27-22(25)19(14)11-12-21(24)23-15(2)16-7-5-4-6-8-16/h4-10,13,15H,11-12H2,1-3H3,(H,23,24). The topological polar surface area (TPSA) is 68.5 Å². The van der Waals surface area contributed by atoms with Crippen molar-refractivity contribution in [2.24, 2.45) is 0 Å². The Hall–Kier alpha value is -3.08. The average molecular weight is 365 g/mol. The summed E-state index contributed by atoms with van der Waals surface area (Å²) < 4.78 is 10.6. The van der Waals surface area contributed by atoms with Crippen LogP contribution in [-0.2, 0) is 11.2 Å². The maximum atomic E-state index is 12.4. The molecular weight excluding hydrogens is 342 g/mol. The highest BCUT2D eigenvalue weighted by atomic mass is 16.5. The van der Waals surface area contributed by atoms with E-state index in [0.717, 1.165) is 16.5 Å². The van der Waals surface area contributed by atoms with E-state index in [1.165, 1.54) is 0 Å². The number of hydrogen-bond donors (Lipinski definition) is 1. The van der Waals surface area contributed by atoms with Gasteiger partial charge in [-0.1, -0.05) is 30.3 Å². The molecule has 5 nitrogen and oxygen atoms in total. The summed E-state index contributed by atoms with van der Waals surface area (Å²) in [6.07, 6.45) is 0.563. The first-order valence-electron chi connectivity index (χ1n) is 8.94. The first-order valence-corrected chi connectivity index (χ1v) is 8.94. The van der Waals surface area contributed by atoms with E-state index in [9.17, 15) is 9.59 Å². The van der Waals surface area contributed by atoms with Gasteiger partial charge in [0.1, 0.15) is 11.3 Å². The van der Waals surface area contributed by atoms with Crippen LogP contribution in [0.15, 0.2) is 57.7 Å². The number of benzene rings is 2. The molecule has 0 fully saturated rings. The molecule has 0 radical (unpaired) electrons. The number of fused-ring (bicyclic) bond motifs is 1. The Labute approximate surface area is 158 Å². The van der Waals surface area contributed by atoms with Gasteiger partial charge in [-0.25, -0.2) is 4.79 Å². The number of hydrogen-bond acceptors (Lipinski definition) is 4. The Balaban J connectivity index is 1.73. The van der Waals surface area contributed by atoms with E-state index in [1.807, 2.05) is 56.3 Å². The van der Waals surface area contributed by atoms with Crippen molar-refractivity contribution in [3.63, 3.8) is 0 Å². The number of methoxy groups -OCH3 is 1. The van der Waals surface area contributed by atoms with Gasteiger partial charge in [-0.05, 0) is 43.5 Å². The number of aryl methyl sites for hydroxylation is 1. The van der Waals surface area contributed by atoms with Crippen molar-refractivity contribution in [1.82, 2.24) is 5.32 Å². The van der Waals surface area contributed by atoms with E-state index in [2.05, 4.69) is 5.32 Å². The lowest BCUT2D eigenvalue weighted by Crippen LogP contribution is -2.27. The zero-order valence-electron chi connectivity index (χ0n) is 15.7. The largest absolute Gasteiger partial charge is 0.497 e. The number of ether oxygens (including phenoxy) is 1. The summed E-state index contributed by atoms with van der Waals surface area (Å²) >= 11 is 0. The highest BCUT2D eigenvalue weighted by molar-refractivity contribution is 5.82. The summed E-state index contributed by atoms with van der Waals surface area (Å²) in [5.41, 5.74) is 2.50. The minimum atomic E-state index is -0.405. The third kappa shape index (κ3) is 4.19. The fraction of sp³-hybridized carbons (Fsp3) is 0.273. The average Bonchev–Trinajstić information content (AvgIpc) is 2.67. The molecule has 0 bridgehead atoms. The summed E-state index contributed by atoms with van der Waals surface area (Å²) in [5.74, 6) is 0.534. The van der Waals surface area contributed by atoms with Crippen LogP contribution in [-0.4, -0.2) is 13.0 Å². The van der Waals surface area contributed by atoms with Crippen LogP contribution < -0.4 is 15.7 Å². The quantitative estimate of drug-likeness (QED) is 0.672. The molecule has 1 amide bonds. The fourth-order valence-corrected chi connectivity index (χ4v) is 3.17. The Morgan fingerprint density at radius 3 is 2.63 bits per heavy atom. The van der Waals surface area contributed by atoms with Crippen molar-refractivity contribution in [3.05, 3.63) is 75.6 Å². The summed E-state index contributed by atoms with van der Waals surface area (Å²) in [7, 11) is 1.57. The Morgan fingerprint density at radius 2 is 1.93 bits per heavy atom. The Kier molecular flexibility index (Phi) is 5.60. The first kappa shape index (κ1) is 18.7. The van der Waals surface area contributed by atoms with Gasteiger partial charge in [0.2, 0.25) is 5.91 Å². The second kappa shape index (κ2) is 8.08. The van der Waals surface area contributed by atoms with Crippen molar-refractivity contribution in [1.29, 1.82) is 0 Å². The molecule has 1 atom stereocenters. The molecule has 2 aromatic carbocycles. The van der Waals surface area contributed by atoms with Gasteiger partial charge < -0.3 is 14.5 Å². The summed E-state index contributed by atoms with van der Waals surface area (Å²) in [5, 5.41) is 3.82. The molecule has 1 aromatic heterocycles. The monoisotopic (exact) mass is 365 g/mol. The molecule has 1 heterocycles. The van der Waals surface area contributed by atoms with Gasteiger partial charge in [0.25, 0.3) is 0 Å². The van der Waals surface area contributed by atoms with Crippen molar-refractivity contribution >= 4 is 16.9 Å². The zero-order chi connectivity index (χ0) is 19.4. The third-order valence-electron chi connectivity index (χ3n) is 4.77. The lowest BCUT2D eigenvalue weighted by molar-refractivity contribution is -0.121. The van der Waals surface area contributed by atoms with Crippen LogP contribution in [0.25, 0.3) is 11.0 Å². The maximum Gasteiger partial charge on any atom is 0.339 e. The predicted molar refractivity (Wildman–Crippen MR) is 105 cm³/mol. The molecule has 3 aromatic rings. The zero-order valence-corrected chi connectivity index (χ0v) is 15.7. The molecule has 27 heavy (non-hydrogen) atoms. The highest BCUT2D eigenvalue weighted by Gasteiger charge is 2.15. The van der Waals surface area contributed by atoms with Crippen LogP contribution in [0.3, 0.4) is 0 Å². The van der Waals surface area contributed by atoms with Gasteiger partial charge in [-0.3, -0.25) is 4.79 Å². The molecule has 3 rings (SSSR count). The molecule has 0 aliphatic carbocycles. The molecule has 0 saturated carbocycles. The van der Waals surface area contributed by atoms with Gasteiger partial charge >= 0.3 is 5.63 Å². The van der Waals surface area contributed by atoms with Crippen LogP contribution in [0.2, 0.25) is 0 Å². The second-order valence-corrected chi connectivity index (χ2v) is 6.56. The van der Waals surface area contributed by atoms with E-state index >= 15 is 0 Å². The van der Waals surface area contributed by atoms with Crippen LogP contribution in [0, 0.1) is 6.92 Å². The van der Waals surface area contributed by atoms with E-state index in [0.29, 0.717) is 23.3 Å². The van der Waals surface area contributed by atoms with Crippen molar-refractivity contribution in [2.75, 3.05) is 7.11 Å². The van der Waals surface area contributed by atoms with Crippen LogP contribution in [0.4, 0.5) is 0 Å². The molecule has 0 saturated heterocycles. The highest BCUT2D eigenvalue weighted by Crippen LogP contribution is 2.24. The third-order valence-corrected chi connectivity index (χ3v) is 4.77. The van der Waals surface area contributed by atoms with Crippen LogP contribution in [0.1, 0.15) is 36.1 Å². The van der Waals surface area contributed by atoms with Crippen molar-refractivity contribution in [2.45, 2.75) is 32.7 Å². The molecule has 0 aliphatic rings. The minimum Gasteiger partial charge on any atom is -0.497 e. The molecule has 1 N–H and O–H groups in total. The summed E-state index contributed by atoms with van der Waals surface area (Å²) in [6.45, 7) is 3.82. The Morgan fingerprint density at radius 1 is 1.19 bits per heavy atom. The molecule has 1 unspecified atom stereocenters. The molecule has 5 heteroatoms. The second-order valence-electron chi connectivity index (χ2n) is 6.56. The lowest BCUT2D eigenvalue weighted by atomic mass is 10.0. The van der Waals surface area contributed by atoms with E-state index < -0.39 is 5.63 Å². The lowest BCUT2D eigenvalue weighted by Gasteiger charge is -2.14. The molecule has 140 valence electrons. The van der Waals surface area contributed by atoms with Crippen molar-refractivity contribution < 1.29 is 13.9 Å². The molecule has 0 aliphatic heterocycles. The van der Waals surface area contributed by atoms with Crippen molar-refractivity contribution in [3.8, 4) is 5.75 Å². The van der Waals surface area contributed by atoms with Crippen LogP contribution in [0.5, 0.6) is 5.75 Å². The smallest absolute Gasteiger partial charge is 0.339 e. The van der Waals surface area contributed by atoms with Gasteiger partial charge in [-0.15, -0.1) is 0 Å². The number of nitrogens with one attached hydrogen (secondary N) is 1. The predicted octanol–water partition coefficient (Wildman–Crippen LogP) is 3.92. The molecular formula is C22H23NO4. The van der Waals surface area contributed by atoms with Gasteiger partial charge in [0.05, 0.1) is 13.2 Å². The summed E-state index contributed by atoms with van der Waals surface area (Å²) in [6, 6.07) is 15.1.